The number of likely N-dealkylation sites (tertiary alicyclic amines) is 1. The predicted molar refractivity (Wildman–Crippen MR) is 145 cm³/mol. The number of pyridine rings is 1. The van der Waals surface area contributed by atoms with Gasteiger partial charge in [-0.3, -0.25) is 19.5 Å². The predicted octanol–water partition coefficient (Wildman–Crippen LogP) is 3.06. The second-order valence-corrected chi connectivity index (χ2v) is 10.2. The molecule has 0 spiro atoms. The summed E-state index contributed by atoms with van der Waals surface area (Å²) in [5.74, 6) is -1.06. The Hall–Kier alpha value is -4.19. The smallest absolute Gasteiger partial charge is 0.410 e. The van der Waals surface area contributed by atoms with Crippen LogP contribution in [0.5, 0.6) is 5.75 Å². The zero-order chi connectivity index (χ0) is 27.4. The average molecular weight is 596 g/mol. The number of carbonyl (C=O) groups excluding carboxylic acids is 3. The zero-order valence-electron chi connectivity index (χ0n) is 20.7. The third-order valence-electron chi connectivity index (χ3n) is 6.53. The topological polar surface area (TPSA) is 142 Å². The third-order valence-corrected chi connectivity index (χ3v) is 7.00. The fourth-order valence-electron chi connectivity index (χ4n) is 4.58. The highest BCUT2D eigenvalue weighted by molar-refractivity contribution is 9.18. The van der Waals surface area contributed by atoms with Crippen LogP contribution in [0, 0.1) is 0 Å². The van der Waals surface area contributed by atoms with E-state index in [1.165, 1.54) is 17.0 Å². The number of phenolic OH excluding ortho intramolecular Hbond substituents is 1. The van der Waals surface area contributed by atoms with E-state index in [2.05, 4.69) is 36.7 Å². The molecule has 2 aliphatic heterocycles. The lowest BCUT2D eigenvalue weighted by atomic mass is 10.1. The monoisotopic (exact) mass is 595 g/mol. The Labute approximate surface area is 232 Å². The van der Waals surface area contributed by atoms with Gasteiger partial charge in [-0.2, -0.15) is 0 Å². The third kappa shape index (κ3) is 6.28. The number of carbonyl (C=O) groups is 3. The van der Waals surface area contributed by atoms with Gasteiger partial charge in [-0.1, -0.05) is 35.5 Å². The first-order valence-electron chi connectivity index (χ1n) is 12.4. The molecule has 1 fully saturated rings. The molecule has 3 atom stereocenters. The number of hydrogen-bond donors (Lipinski definition) is 3. The van der Waals surface area contributed by atoms with E-state index in [1.54, 1.807) is 18.3 Å². The maximum atomic E-state index is 13.2. The molecule has 11 nitrogen and oxygen atoms in total. The number of halogens is 1. The first kappa shape index (κ1) is 26.4. The highest BCUT2D eigenvalue weighted by Crippen LogP contribution is 2.23. The number of ether oxygens (including phenoxy) is 1. The van der Waals surface area contributed by atoms with E-state index in [0.717, 1.165) is 10.9 Å². The number of oxime groups is 1. The summed E-state index contributed by atoms with van der Waals surface area (Å²) in [4.78, 5) is 50.0. The van der Waals surface area contributed by atoms with E-state index in [0.29, 0.717) is 16.6 Å². The Morgan fingerprint density at radius 1 is 1.15 bits per heavy atom. The quantitative estimate of drug-likeness (QED) is 0.381. The molecule has 2 aromatic carbocycles. The summed E-state index contributed by atoms with van der Waals surface area (Å²) in [5, 5.41) is 20.4. The number of phenols is 1. The second kappa shape index (κ2) is 11.7. The molecule has 0 aliphatic carbocycles. The first-order valence-corrected chi connectivity index (χ1v) is 13.2. The van der Waals surface area contributed by atoms with Crippen molar-refractivity contribution in [2.45, 2.75) is 37.6 Å². The van der Waals surface area contributed by atoms with Crippen molar-refractivity contribution in [3.05, 3.63) is 71.9 Å². The Kier molecular flexibility index (Phi) is 7.92. The standard InChI is InChI=1S/C27H26BrN5O6/c28-24-11-19(39-32-24)13-30-26(36)22-10-18(31-25(35)20-6-2-4-8-23(20)34)14-33(22)27(37)38-15-16-9-17-5-1-3-7-21(17)29-12-16/h1-9,12,18-19,22,34H,10-11,13-15H2,(H,30,36)(H,31,35)/t18?,19-,22?/m0/s1. The van der Waals surface area contributed by atoms with Crippen molar-refractivity contribution in [1.82, 2.24) is 20.5 Å². The minimum Gasteiger partial charge on any atom is -0.507 e. The lowest BCUT2D eigenvalue weighted by molar-refractivity contribution is -0.125. The molecule has 202 valence electrons. The maximum absolute atomic E-state index is 13.2. The molecule has 3 N–H and O–H groups in total. The van der Waals surface area contributed by atoms with Crippen molar-refractivity contribution in [3.63, 3.8) is 0 Å². The molecule has 2 unspecified atom stereocenters. The summed E-state index contributed by atoms with van der Waals surface area (Å²) in [5.41, 5.74) is 1.64. The molecule has 1 saturated heterocycles. The van der Waals surface area contributed by atoms with E-state index in [1.807, 2.05) is 30.3 Å². The Bertz CT molecular complexity index is 1430. The van der Waals surface area contributed by atoms with Crippen LogP contribution in [0.3, 0.4) is 0 Å². The summed E-state index contributed by atoms with van der Waals surface area (Å²) in [7, 11) is 0. The molecule has 0 radical (unpaired) electrons. The van der Waals surface area contributed by atoms with Gasteiger partial charge in [0.05, 0.1) is 17.6 Å². The molecule has 1 aromatic heterocycles. The summed E-state index contributed by atoms with van der Waals surface area (Å²) in [6, 6.07) is 14.2. The second-order valence-electron chi connectivity index (χ2n) is 9.33. The Balaban J connectivity index is 1.26. The van der Waals surface area contributed by atoms with Crippen molar-refractivity contribution in [2.75, 3.05) is 13.1 Å². The number of aromatic hydroxyl groups is 1. The minimum absolute atomic E-state index is 0.0301. The van der Waals surface area contributed by atoms with Gasteiger partial charge in [-0.25, -0.2) is 4.79 Å². The number of amides is 3. The highest BCUT2D eigenvalue weighted by Gasteiger charge is 2.41. The molecule has 3 aromatic rings. The number of aromatic nitrogens is 1. The highest BCUT2D eigenvalue weighted by atomic mass is 79.9. The lowest BCUT2D eigenvalue weighted by Gasteiger charge is -2.23. The fraction of sp³-hybridized carbons (Fsp3) is 0.296. The minimum atomic E-state index is -0.882. The van der Waals surface area contributed by atoms with Crippen LogP contribution in [-0.4, -0.2) is 68.8 Å². The SMILES string of the molecule is O=C(NC1CC(C(=O)NC[C@@H]2CC(Br)=NO2)N(C(=O)OCc2cnc3ccccc3c2)C1)c1ccccc1O. The van der Waals surface area contributed by atoms with E-state index in [4.69, 9.17) is 9.57 Å². The van der Waals surface area contributed by atoms with Gasteiger partial charge in [0.25, 0.3) is 5.91 Å². The van der Waals surface area contributed by atoms with Gasteiger partial charge in [-0.05, 0) is 46.6 Å². The molecule has 5 rings (SSSR count). The van der Waals surface area contributed by atoms with Crippen LogP contribution in [0.4, 0.5) is 4.79 Å². The lowest BCUT2D eigenvalue weighted by Crippen LogP contribution is -2.47. The van der Waals surface area contributed by atoms with Crippen molar-refractivity contribution >= 4 is 49.4 Å². The van der Waals surface area contributed by atoms with E-state index in [9.17, 15) is 19.5 Å². The number of nitrogens with one attached hydrogen (secondary N) is 2. The number of para-hydroxylation sites is 2. The van der Waals surface area contributed by atoms with Crippen LogP contribution >= 0.6 is 15.9 Å². The molecule has 0 bridgehead atoms. The number of nitrogens with zero attached hydrogens (tertiary/aromatic N) is 3. The van der Waals surface area contributed by atoms with Crippen molar-refractivity contribution in [1.29, 1.82) is 0 Å². The van der Waals surface area contributed by atoms with Gasteiger partial charge in [0.15, 0.2) is 6.10 Å². The van der Waals surface area contributed by atoms with Crippen molar-refractivity contribution in [3.8, 4) is 5.75 Å². The van der Waals surface area contributed by atoms with Gasteiger partial charge in [0.1, 0.15) is 23.0 Å². The number of fused-ring (bicyclic) bond motifs is 1. The van der Waals surface area contributed by atoms with Gasteiger partial charge in [0.2, 0.25) is 5.91 Å². The summed E-state index contributed by atoms with van der Waals surface area (Å²) in [6.45, 7) is 0.229. The fourth-order valence-corrected chi connectivity index (χ4v) is 5.02. The van der Waals surface area contributed by atoms with Gasteiger partial charge in [0, 0.05) is 36.2 Å². The summed E-state index contributed by atoms with van der Waals surface area (Å²) in [6.07, 6.45) is 1.33. The number of benzene rings is 2. The van der Waals surface area contributed by atoms with E-state index >= 15 is 0 Å². The number of rotatable bonds is 7. The van der Waals surface area contributed by atoms with E-state index < -0.39 is 30.0 Å². The molecular formula is C27H26BrN5O6. The largest absolute Gasteiger partial charge is 0.507 e. The van der Waals surface area contributed by atoms with Crippen molar-refractivity contribution < 1.29 is 29.1 Å². The first-order chi connectivity index (χ1) is 18.9. The number of hydrogen-bond acceptors (Lipinski definition) is 8. The maximum Gasteiger partial charge on any atom is 0.410 e. The van der Waals surface area contributed by atoms with Gasteiger partial charge in [-0.15, -0.1) is 0 Å². The van der Waals surface area contributed by atoms with Crippen LogP contribution in [0.1, 0.15) is 28.8 Å². The molecular weight excluding hydrogens is 570 g/mol. The Morgan fingerprint density at radius 2 is 1.95 bits per heavy atom. The molecule has 39 heavy (non-hydrogen) atoms. The van der Waals surface area contributed by atoms with E-state index in [-0.39, 0.29) is 43.5 Å². The van der Waals surface area contributed by atoms with Crippen LogP contribution in [-0.2, 0) is 21.0 Å². The molecule has 2 aliphatic rings. The average Bonchev–Trinajstić information content (AvgIpc) is 3.56. The molecule has 3 heterocycles. The normalized spacial score (nSPS) is 20.3. The Morgan fingerprint density at radius 3 is 2.74 bits per heavy atom. The van der Waals surface area contributed by atoms with Crippen LogP contribution < -0.4 is 10.6 Å². The summed E-state index contributed by atoms with van der Waals surface area (Å²) < 4.78 is 6.21. The zero-order valence-corrected chi connectivity index (χ0v) is 22.3. The van der Waals surface area contributed by atoms with Crippen LogP contribution in [0.15, 0.2) is 65.9 Å². The van der Waals surface area contributed by atoms with Gasteiger partial charge < -0.3 is 25.3 Å². The molecule has 3 amide bonds. The summed E-state index contributed by atoms with van der Waals surface area (Å²) >= 11 is 3.27. The van der Waals surface area contributed by atoms with Crippen molar-refractivity contribution in [2.24, 2.45) is 5.16 Å². The van der Waals surface area contributed by atoms with Crippen LogP contribution in [0.25, 0.3) is 10.9 Å². The molecule has 0 saturated carbocycles. The molecule has 12 heteroatoms. The van der Waals surface area contributed by atoms with Crippen LogP contribution in [0.2, 0.25) is 0 Å². The van der Waals surface area contributed by atoms with Gasteiger partial charge >= 0.3 is 6.09 Å².